The van der Waals surface area contributed by atoms with E-state index >= 15 is 0 Å². The van der Waals surface area contributed by atoms with Crippen LogP contribution in [0.2, 0.25) is 0 Å². The van der Waals surface area contributed by atoms with E-state index in [1.165, 1.54) is 0 Å². The van der Waals surface area contributed by atoms with Crippen LogP contribution >= 0.6 is 0 Å². The van der Waals surface area contributed by atoms with Crippen molar-refractivity contribution in [2.24, 2.45) is 0 Å². The third kappa shape index (κ3) is 3.99. The maximum absolute atomic E-state index is 9.59. The van der Waals surface area contributed by atoms with Gasteiger partial charge in [0.1, 0.15) is 5.82 Å². The van der Waals surface area contributed by atoms with Crippen LogP contribution in [0.4, 0.5) is 5.82 Å². The lowest BCUT2D eigenvalue weighted by atomic mass is 10.1. The van der Waals surface area contributed by atoms with Crippen LogP contribution < -0.4 is 5.32 Å². The number of benzene rings is 1. The van der Waals surface area contributed by atoms with Crippen LogP contribution in [0.3, 0.4) is 0 Å². The van der Waals surface area contributed by atoms with Gasteiger partial charge in [0.15, 0.2) is 0 Å². The average molecular weight is 315 g/mol. The molecular weight excluding hydrogens is 290 g/mol. The van der Waals surface area contributed by atoms with Gasteiger partial charge in [-0.2, -0.15) is 0 Å². The summed E-state index contributed by atoms with van der Waals surface area (Å²) in [5.74, 6) is 0.777. The van der Waals surface area contributed by atoms with Crippen molar-refractivity contribution < 1.29 is 9.84 Å². The van der Waals surface area contributed by atoms with Gasteiger partial charge in [-0.05, 0) is 26.0 Å². The first-order valence-corrected chi connectivity index (χ1v) is 8.17. The highest BCUT2D eigenvalue weighted by Gasteiger charge is 2.26. The zero-order valence-corrected chi connectivity index (χ0v) is 13.9. The van der Waals surface area contributed by atoms with E-state index in [9.17, 15) is 5.11 Å². The van der Waals surface area contributed by atoms with Gasteiger partial charge < -0.3 is 15.2 Å². The second kappa shape index (κ2) is 6.83. The number of fused-ring (bicyclic) bond motifs is 1. The largest absolute Gasteiger partial charge is 0.392 e. The van der Waals surface area contributed by atoms with E-state index in [1.807, 2.05) is 30.3 Å². The van der Waals surface area contributed by atoms with Crippen molar-refractivity contribution in [1.82, 2.24) is 9.88 Å². The number of hydrogen-bond acceptors (Lipinski definition) is 5. The normalized spacial score (nSPS) is 18.2. The molecule has 0 atom stereocenters. The van der Waals surface area contributed by atoms with E-state index in [0.717, 1.165) is 55.1 Å². The minimum Gasteiger partial charge on any atom is -0.392 e. The Morgan fingerprint density at radius 1 is 1.35 bits per heavy atom. The predicted octanol–water partition coefficient (Wildman–Crippen LogP) is 2.25. The fourth-order valence-corrected chi connectivity index (χ4v) is 3.07. The van der Waals surface area contributed by atoms with Crippen molar-refractivity contribution in [3.8, 4) is 0 Å². The summed E-state index contributed by atoms with van der Waals surface area (Å²) in [4.78, 5) is 7.04. The van der Waals surface area contributed by atoms with Gasteiger partial charge in [0.25, 0.3) is 0 Å². The summed E-state index contributed by atoms with van der Waals surface area (Å²) < 4.78 is 5.74. The molecule has 0 radical (unpaired) electrons. The number of para-hydroxylation sites is 1. The minimum atomic E-state index is -0.0737. The summed E-state index contributed by atoms with van der Waals surface area (Å²) in [6.07, 6.45) is 0. The van der Waals surface area contributed by atoms with Crippen molar-refractivity contribution in [2.75, 3.05) is 38.1 Å². The fraction of sp³-hybridized carbons (Fsp3) is 0.500. The molecule has 5 nitrogen and oxygen atoms in total. The Morgan fingerprint density at radius 3 is 2.96 bits per heavy atom. The first-order valence-electron chi connectivity index (χ1n) is 8.17. The number of morpholine rings is 1. The van der Waals surface area contributed by atoms with Crippen LogP contribution in [0.1, 0.15) is 19.4 Å². The summed E-state index contributed by atoms with van der Waals surface area (Å²) >= 11 is 0. The smallest absolute Gasteiger partial charge is 0.132 e. The summed E-state index contributed by atoms with van der Waals surface area (Å²) in [5.41, 5.74) is 1.71. The molecule has 3 rings (SSSR count). The van der Waals surface area contributed by atoms with Crippen molar-refractivity contribution in [2.45, 2.75) is 26.1 Å². The van der Waals surface area contributed by atoms with Gasteiger partial charge in [-0.3, -0.25) is 4.90 Å². The first-order chi connectivity index (χ1) is 11.1. The Kier molecular flexibility index (Phi) is 4.80. The Morgan fingerprint density at radius 2 is 2.17 bits per heavy atom. The minimum absolute atomic E-state index is 0.00917. The number of nitrogens with zero attached hydrogens (tertiary/aromatic N) is 2. The topological polar surface area (TPSA) is 57.6 Å². The van der Waals surface area contributed by atoms with Gasteiger partial charge in [-0.1, -0.05) is 18.2 Å². The third-order valence-electron chi connectivity index (χ3n) is 4.20. The van der Waals surface area contributed by atoms with Crippen LogP contribution in [0.5, 0.6) is 0 Å². The molecule has 0 unspecified atom stereocenters. The van der Waals surface area contributed by atoms with Crippen LogP contribution in [-0.2, 0) is 11.3 Å². The molecule has 0 bridgehead atoms. The molecule has 0 aliphatic carbocycles. The number of nitrogens with one attached hydrogen (secondary N) is 1. The molecule has 124 valence electrons. The summed E-state index contributed by atoms with van der Waals surface area (Å²) in [6.45, 7) is 8.66. The lowest BCUT2D eigenvalue weighted by Gasteiger charge is -2.38. The molecule has 1 aromatic heterocycles. The summed E-state index contributed by atoms with van der Waals surface area (Å²) in [7, 11) is 0. The number of rotatable bonds is 5. The monoisotopic (exact) mass is 315 g/mol. The molecule has 5 heteroatoms. The first kappa shape index (κ1) is 16.2. The van der Waals surface area contributed by atoms with Gasteiger partial charge in [-0.15, -0.1) is 0 Å². The molecule has 0 saturated carbocycles. The molecule has 0 amide bonds. The van der Waals surface area contributed by atoms with Crippen molar-refractivity contribution in [1.29, 1.82) is 0 Å². The van der Waals surface area contributed by atoms with Crippen LogP contribution in [0.15, 0.2) is 30.3 Å². The van der Waals surface area contributed by atoms with Crippen LogP contribution in [0.25, 0.3) is 10.9 Å². The Hall–Kier alpha value is -1.69. The number of anilines is 1. The van der Waals surface area contributed by atoms with Gasteiger partial charge in [0.05, 0.1) is 24.3 Å². The third-order valence-corrected chi connectivity index (χ3v) is 4.20. The number of aliphatic hydroxyl groups is 1. The second-order valence-corrected chi connectivity index (χ2v) is 6.66. The maximum Gasteiger partial charge on any atom is 0.132 e. The number of ether oxygens (including phenoxy) is 1. The Bertz CT molecular complexity index is 672. The molecule has 2 N–H and O–H groups in total. The highest BCUT2D eigenvalue weighted by Crippen LogP contribution is 2.21. The van der Waals surface area contributed by atoms with E-state index in [4.69, 9.17) is 4.74 Å². The molecular formula is C18H25N3O2. The lowest BCUT2D eigenvalue weighted by Crippen LogP contribution is -2.49. The molecule has 0 spiro atoms. The van der Waals surface area contributed by atoms with Gasteiger partial charge in [0.2, 0.25) is 0 Å². The standard InChI is InChI=1S/C18H25N3O2/c1-18(2)13-21(9-10-23-18)8-7-19-17-15(12-22)11-14-5-3-4-6-16(14)20-17/h3-6,11,22H,7-10,12-13H2,1-2H3,(H,19,20). The number of aromatic nitrogens is 1. The molecule has 1 saturated heterocycles. The average Bonchev–Trinajstić information content (AvgIpc) is 2.53. The molecule has 1 aromatic carbocycles. The summed E-state index contributed by atoms with van der Waals surface area (Å²) in [5, 5.41) is 14.0. The van der Waals surface area contributed by atoms with Gasteiger partial charge in [0, 0.05) is 37.1 Å². The molecule has 2 aromatic rings. The van der Waals surface area contributed by atoms with Crippen molar-refractivity contribution >= 4 is 16.7 Å². The van der Waals surface area contributed by atoms with Crippen LogP contribution in [-0.4, -0.2) is 53.4 Å². The van der Waals surface area contributed by atoms with Crippen LogP contribution in [0, 0.1) is 0 Å². The van der Waals surface area contributed by atoms with Gasteiger partial charge >= 0.3 is 0 Å². The molecule has 1 aliphatic rings. The molecule has 1 aliphatic heterocycles. The quantitative estimate of drug-likeness (QED) is 0.886. The highest BCUT2D eigenvalue weighted by molar-refractivity contribution is 5.81. The lowest BCUT2D eigenvalue weighted by molar-refractivity contribution is -0.0848. The zero-order valence-electron chi connectivity index (χ0n) is 13.9. The number of aliphatic hydroxyl groups excluding tert-OH is 1. The van der Waals surface area contributed by atoms with Crippen molar-refractivity contribution in [3.05, 3.63) is 35.9 Å². The van der Waals surface area contributed by atoms with E-state index in [0.29, 0.717) is 0 Å². The zero-order chi connectivity index (χ0) is 16.3. The van der Waals surface area contributed by atoms with E-state index in [-0.39, 0.29) is 12.2 Å². The predicted molar refractivity (Wildman–Crippen MR) is 92.6 cm³/mol. The molecule has 23 heavy (non-hydrogen) atoms. The van der Waals surface area contributed by atoms with E-state index < -0.39 is 0 Å². The SMILES string of the molecule is CC1(C)CN(CCNc2nc3ccccc3cc2CO)CCO1. The number of hydrogen-bond donors (Lipinski definition) is 2. The molecule has 1 fully saturated rings. The van der Waals surface area contributed by atoms with E-state index in [1.54, 1.807) is 0 Å². The van der Waals surface area contributed by atoms with E-state index in [2.05, 4.69) is 29.0 Å². The highest BCUT2D eigenvalue weighted by atomic mass is 16.5. The Balaban J connectivity index is 1.64. The number of pyridine rings is 1. The molecule has 2 heterocycles. The second-order valence-electron chi connectivity index (χ2n) is 6.66. The van der Waals surface area contributed by atoms with Gasteiger partial charge in [-0.25, -0.2) is 4.98 Å². The Labute approximate surface area is 137 Å². The van der Waals surface area contributed by atoms with Crippen molar-refractivity contribution in [3.63, 3.8) is 0 Å². The summed E-state index contributed by atoms with van der Waals surface area (Å²) in [6, 6.07) is 9.97. The fourth-order valence-electron chi connectivity index (χ4n) is 3.07. The maximum atomic E-state index is 9.59.